The van der Waals surface area contributed by atoms with Gasteiger partial charge < -0.3 is 25.2 Å². The summed E-state index contributed by atoms with van der Waals surface area (Å²) in [7, 11) is 1.75. The zero-order chi connectivity index (χ0) is 28.2. The molecular weight excluding hydrogens is 536 g/mol. The van der Waals surface area contributed by atoms with Gasteiger partial charge in [0.05, 0.1) is 11.9 Å². The molecule has 206 valence electrons. The first-order valence-electron chi connectivity index (χ1n) is 12.7. The number of aryl methyl sites for hydroxylation is 1. The van der Waals surface area contributed by atoms with Crippen LogP contribution in [0.3, 0.4) is 0 Å². The molecule has 2 aromatic carbocycles. The summed E-state index contributed by atoms with van der Waals surface area (Å²) >= 11 is 7.71. The first kappa shape index (κ1) is 28.7. The maximum Gasteiger partial charge on any atom is 0.268 e. The lowest BCUT2D eigenvalue weighted by Crippen LogP contribution is -2.58. The number of rotatable bonds is 9. The molecular formula is C29H33ClN4O4S. The van der Waals surface area contributed by atoms with Gasteiger partial charge in [0, 0.05) is 29.6 Å². The summed E-state index contributed by atoms with van der Waals surface area (Å²) in [6.45, 7) is 4.01. The van der Waals surface area contributed by atoms with Crippen molar-refractivity contribution in [1.82, 2.24) is 20.1 Å². The van der Waals surface area contributed by atoms with E-state index in [0.29, 0.717) is 10.7 Å². The van der Waals surface area contributed by atoms with Crippen LogP contribution in [0.1, 0.15) is 35.5 Å². The smallest absolute Gasteiger partial charge is 0.268 e. The van der Waals surface area contributed by atoms with E-state index in [1.54, 1.807) is 36.0 Å². The van der Waals surface area contributed by atoms with Crippen molar-refractivity contribution in [2.75, 3.05) is 5.88 Å². The van der Waals surface area contributed by atoms with Crippen LogP contribution in [0.15, 0.2) is 72.9 Å². The number of hydrogen-bond donors (Lipinski definition) is 3. The zero-order valence-corrected chi connectivity index (χ0v) is 23.7. The minimum atomic E-state index is -1.57. The Morgan fingerprint density at radius 1 is 1.08 bits per heavy atom. The van der Waals surface area contributed by atoms with E-state index < -0.39 is 34.7 Å². The van der Waals surface area contributed by atoms with Crippen molar-refractivity contribution in [3.8, 4) is 0 Å². The summed E-state index contributed by atoms with van der Waals surface area (Å²) in [5, 5.41) is 17.7. The largest absolute Gasteiger partial charge is 0.381 e. The van der Waals surface area contributed by atoms with Gasteiger partial charge in [-0.25, -0.2) is 0 Å². The van der Waals surface area contributed by atoms with Gasteiger partial charge in [-0.05, 0) is 49.6 Å². The quantitative estimate of drug-likeness (QED) is 0.367. The van der Waals surface area contributed by atoms with Crippen molar-refractivity contribution in [1.29, 1.82) is 0 Å². The summed E-state index contributed by atoms with van der Waals surface area (Å²) in [4.78, 5) is 41.6. The number of hydrogen-bond acceptors (Lipinski definition) is 5. The number of aliphatic hydroxyl groups is 1. The molecule has 39 heavy (non-hydrogen) atoms. The van der Waals surface area contributed by atoms with Crippen LogP contribution >= 0.6 is 23.4 Å². The molecule has 3 N–H and O–H groups in total. The first-order valence-corrected chi connectivity index (χ1v) is 14.0. The molecule has 2 heterocycles. The van der Waals surface area contributed by atoms with Crippen molar-refractivity contribution >= 4 is 41.1 Å². The number of benzene rings is 2. The summed E-state index contributed by atoms with van der Waals surface area (Å²) in [6.07, 6.45) is 0.415. The maximum absolute atomic E-state index is 13.7. The molecule has 0 radical (unpaired) electrons. The fourth-order valence-electron chi connectivity index (χ4n) is 4.72. The molecule has 0 unspecified atom stereocenters. The molecule has 1 aromatic heterocycles. The maximum atomic E-state index is 13.7. The molecule has 10 heteroatoms. The Morgan fingerprint density at radius 3 is 2.44 bits per heavy atom. The Bertz CT molecular complexity index is 1330. The van der Waals surface area contributed by atoms with E-state index in [0.717, 1.165) is 11.1 Å². The van der Waals surface area contributed by atoms with Gasteiger partial charge in [0.15, 0.2) is 6.10 Å². The minimum Gasteiger partial charge on any atom is -0.381 e. The van der Waals surface area contributed by atoms with Crippen LogP contribution in [-0.2, 0) is 29.6 Å². The number of aliphatic hydroxyl groups excluding tert-OH is 1. The Balaban J connectivity index is 1.54. The monoisotopic (exact) mass is 568 g/mol. The van der Waals surface area contributed by atoms with Crippen LogP contribution in [-0.4, -0.2) is 61.1 Å². The third kappa shape index (κ3) is 6.66. The predicted octanol–water partition coefficient (Wildman–Crippen LogP) is 3.38. The summed E-state index contributed by atoms with van der Waals surface area (Å²) in [5.74, 6) is -1.12. The lowest BCUT2D eigenvalue weighted by Gasteiger charge is -2.33. The average Bonchev–Trinajstić information content (AvgIpc) is 3.49. The van der Waals surface area contributed by atoms with E-state index in [1.807, 2.05) is 62.4 Å². The number of nitrogens with zero attached hydrogens (tertiary/aromatic N) is 2. The van der Waals surface area contributed by atoms with Crippen LogP contribution in [0.4, 0.5) is 0 Å². The number of carbonyl (C=O) groups is 3. The second-order valence-electron chi connectivity index (χ2n) is 10.1. The van der Waals surface area contributed by atoms with E-state index >= 15 is 0 Å². The van der Waals surface area contributed by atoms with E-state index in [4.69, 9.17) is 11.6 Å². The van der Waals surface area contributed by atoms with E-state index in [9.17, 15) is 19.5 Å². The second kappa shape index (κ2) is 12.3. The Labute approximate surface area is 237 Å². The van der Waals surface area contributed by atoms with Crippen LogP contribution in [0.2, 0.25) is 5.02 Å². The zero-order valence-electron chi connectivity index (χ0n) is 22.1. The van der Waals surface area contributed by atoms with Gasteiger partial charge in [-0.2, -0.15) is 0 Å². The average molecular weight is 569 g/mol. The van der Waals surface area contributed by atoms with E-state index in [1.165, 1.54) is 16.7 Å². The van der Waals surface area contributed by atoms with Crippen molar-refractivity contribution in [3.63, 3.8) is 0 Å². The number of halogens is 1. The third-order valence-corrected chi connectivity index (χ3v) is 8.66. The molecule has 8 nitrogen and oxygen atoms in total. The molecule has 1 fully saturated rings. The molecule has 0 aliphatic carbocycles. The molecule has 0 bridgehead atoms. The van der Waals surface area contributed by atoms with Crippen molar-refractivity contribution < 1.29 is 19.5 Å². The highest BCUT2D eigenvalue weighted by Crippen LogP contribution is 2.40. The van der Waals surface area contributed by atoms with Crippen molar-refractivity contribution in [3.05, 3.63) is 94.8 Å². The van der Waals surface area contributed by atoms with Gasteiger partial charge in [0.1, 0.15) is 11.7 Å². The van der Waals surface area contributed by atoms with Crippen LogP contribution < -0.4 is 10.6 Å². The lowest BCUT2D eigenvalue weighted by atomic mass is 9.97. The number of thioether (sulfide) groups is 1. The van der Waals surface area contributed by atoms with Crippen LogP contribution in [0.25, 0.3) is 0 Å². The van der Waals surface area contributed by atoms with Gasteiger partial charge in [-0.1, -0.05) is 60.1 Å². The Hall–Kier alpha value is -3.27. The topological polar surface area (TPSA) is 104 Å². The number of amides is 3. The second-order valence-corrected chi connectivity index (χ2v) is 12.1. The van der Waals surface area contributed by atoms with Gasteiger partial charge >= 0.3 is 0 Å². The highest BCUT2D eigenvalue weighted by atomic mass is 35.5. The van der Waals surface area contributed by atoms with Gasteiger partial charge in [-0.3, -0.25) is 14.4 Å². The van der Waals surface area contributed by atoms with Crippen molar-refractivity contribution in [2.45, 2.75) is 49.7 Å². The fourth-order valence-corrected chi connectivity index (χ4v) is 6.07. The SMILES string of the molecule is Cn1cccc1C(=O)N[C@@H](Cc1ccccc1)[C@H](O)C(=O)N1CSC(C)(C)[C@H]1C(=O)NCc1ccccc1Cl. The molecule has 3 amide bonds. The van der Waals surface area contributed by atoms with Crippen molar-refractivity contribution in [2.24, 2.45) is 7.05 Å². The number of nitrogens with one attached hydrogen (secondary N) is 2. The summed E-state index contributed by atoms with van der Waals surface area (Å²) in [5.41, 5.74) is 2.02. The van der Waals surface area contributed by atoms with Crippen LogP contribution in [0, 0.1) is 0 Å². The predicted molar refractivity (Wildman–Crippen MR) is 153 cm³/mol. The van der Waals surface area contributed by atoms with Gasteiger partial charge in [-0.15, -0.1) is 11.8 Å². The lowest BCUT2D eigenvalue weighted by molar-refractivity contribution is -0.147. The molecule has 3 atom stereocenters. The molecule has 1 saturated heterocycles. The van der Waals surface area contributed by atoms with E-state index in [2.05, 4.69) is 10.6 Å². The summed E-state index contributed by atoms with van der Waals surface area (Å²) in [6, 6.07) is 18.2. The summed E-state index contributed by atoms with van der Waals surface area (Å²) < 4.78 is 1.07. The highest BCUT2D eigenvalue weighted by molar-refractivity contribution is 8.00. The Kier molecular flexibility index (Phi) is 9.04. The first-order chi connectivity index (χ1) is 18.6. The van der Waals surface area contributed by atoms with Crippen LogP contribution in [0.5, 0.6) is 0 Å². The molecule has 3 aromatic rings. The molecule has 1 aliphatic heterocycles. The third-order valence-electron chi connectivity index (χ3n) is 6.91. The molecule has 0 saturated carbocycles. The standard InChI is InChI=1S/C29H33ClN4O4S/c1-29(2)25(27(37)31-17-20-12-7-8-13-21(20)30)34(18-39-29)28(38)24(35)22(16-19-10-5-4-6-11-19)32-26(36)23-14-9-15-33(23)3/h4-15,22,24-25,35H,16-18H2,1-3H3,(H,31,37)(H,32,36)/t22-,24-,25+/m0/s1. The highest BCUT2D eigenvalue weighted by Gasteiger charge is 2.49. The molecule has 0 spiro atoms. The van der Waals surface area contributed by atoms with Gasteiger partial charge in [0.25, 0.3) is 11.8 Å². The minimum absolute atomic E-state index is 0.212. The number of carbonyl (C=O) groups excluding carboxylic acids is 3. The fraction of sp³-hybridized carbons (Fsp3) is 0.345. The van der Waals surface area contributed by atoms with E-state index in [-0.39, 0.29) is 24.7 Å². The molecule has 4 rings (SSSR count). The number of aromatic nitrogens is 1. The Morgan fingerprint density at radius 2 is 1.77 bits per heavy atom. The van der Waals surface area contributed by atoms with Gasteiger partial charge in [0.2, 0.25) is 5.91 Å². The normalized spacial score (nSPS) is 17.9. The molecule has 1 aliphatic rings.